The molecule has 0 atom stereocenters. The number of ether oxygens (including phenoxy) is 2. The van der Waals surface area contributed by atoms with Crippen molar-refractivity contribution in [2.24, 2.45) is 0 Å². The Kier molecular flexibility index (Phi) is 9.05. The zero-order valence-electron chi connectivity index (χ0n) is 12.3. The van der Waals surface area contributed by atoms with E-state index < -0.39 is 0 Å². The van der Waals surface area contributed by atoms with Crippen LogP contribution in [0.25, 0.3) is 0 Å². The van der Waals surface area contributed by atoms with Crippen LogP contribution in [-0.4, -0.2) is 18.5 Å². The van der Waals surface area contributed by atoms with Crippen molar-refractivity contribution in [3.63, 3.8) is 0 Å². The van der Waals surface area contributed by atoms with Gasteiger partial charge in [-0.05, 0) is 35.1 Å². The lowest BCUT2D eigenvalue weighted by Gasteiger charge is -2.07. The molecule has 0 radical (unpaired) electrons. The van der Waals surface area contributed by atoms with E-state index in [2.05, 4.69) is 29.5 Å². The molecule has 0 fully saturated rings. The number of rotatable bonds is 9. The van der Waals surface area contributed by atoms with Gasteiger partial charge in [-0.15, -0.1) is 0 Å². The zero-order chi connectivity index (χ0) is 15.5. The summed E-state index contributed by atoms with van der Waals surface area (Å²) in [6.45, 7) is 2.76. The van der Waals surface area contributed by atoms with Crippen molar-refractivity contribution >= 4 is 34.5 Å². The van der Waals surface area contributed by atoms with E-state index in [9.17, 15) is 9.59 Å². The third kappa shape index (κ3) is 8.04. The predicted molar refractivity (Wildman–Crippen MR) is 88.7 cm³/mol. The Morgan fingerprint density at radius 2 is 1.71 bits per heavy atom. The van der Waals surface area contributed by atoms with Crippen molar-refractivity contribution in [3.8, 4) is 0 Å². The van der Waals surface area contributed by atoms with E-state index in [1.807, 2.05) is 24.3 Å². The van der Waals surface area contributed by atoms with E-state index in [4.69, 9.17) is 9.47 Å². The van der Waals surface area contributed by atoms with Crippen LogP contribution in [0, 0.1) is 3.57 Å². The predicted octanol–water partition coefficient (Wildman–Crippen LogP) is 3.85. The maximum atomic E-state index is 11.6. The van der Waals surface area contributed by atoms with E-state index in [1.165, 1.54) is 0 Å². The van der Waals surface area contributed by atoms with Gasteiger partial charge in [0.2, 0.25) is 0 Å². The summed E-state index contributed by atoms with van der Waals surface area (Å²) in [7, 11) is 0. The van der Waals surface area contributed by atoms with Crippen LogP contribution in [0.3, 0.4) is 0 Å². The Morgan fingerprint density at radius 3 is 2.38 bits per heavy atom. The number of halogens is 1. The minimum atomic E-state index is -0.375. The van der Waals surface area contributed by atoms with E-state index in [-0.39, 0.29) is 31.4 Å². The second-order valence-corrected chi connectivity index (χ2v) is 5.84. The second-order valence-electron chi connectivity index (χ2n) is 4.68. The van der Waals surface area contributed by atoms with Gasteiger partial charge in [0.25, 0.3) is 0 Å². The normalized spacial score (nSPS) is 10.2. The molecule has 0 aliphatic carbocycles. The maximum Gasteiger partial charge on any atom is 0.306 e. The van der Waals surface area contributed by atoms with Gasteiger partial charge in [-0.3, -0.25) is 9.59 Å². The van der Waals surface area contributed by atoms with Crippen LogP contribution in [0.4, 0.5) is 0 Å². The molecule has 0 unspecified atom stereocenters. The summed E-state index contributed by atoms with van der Waals surface area (Å²) in [6, 6.07) is 7.70. The summed E-state index contributed by atoms with van der Waals surface area (Å²) in [5.41, 5.74) is 0.966. The van der Waals surface area contributed by atoms with Crippen LogP contribution in [-0.2, 0) is 25.7 Å². The first kappa shape index (κ1) is 17.9. The van der Waals surface area contributed by atoms with Crippen LogP contribution in [0.5, 0.6) is 0 Å². The van der Waals surface area contributed by atoms with Crippen molar-refractivity contribution in [2.45, 2.75) is 45.6 Å². The van der Waals surface area contributed by atoms with E-state index in [1.54, 1.807) is 0 Å². The highest BCUT2D eigenvalue weighted by atomic mass is 127. The molecule has 0 N–H and O–H groups in total. The van der Waals surface area contributed by atoms with Gasteiger partial charge in [0.1, 0.15) is 6.61 Å². The summed E-state index contributed by atoms with van der Waals surface area (Å²) in [5.74, 6) is -0.711. The lowest BCUT2D eigenvalue weighted by Crippen LogP contribution is -2.11. The van der Waals surface area contributed by atoms with Gasteiger partial charge in [-0.2, -0.15) is 0 Å². The molecule has 1 aromatic carbocycles. The minimum Gasteiger partial charge on any atom is -0.466 e. The number of unbranched alkanes of at least 4 members (excludes halogenated alkanes) is 2. The fourth-order valence-electron chi connectivity index (χ4n) is 1.66. The molecule has 21 heavy (non-hydrogen) atoms. The third-order valence-corrected chi connectivity index (χ3v) is 3.94. The van der Waals surface area contributed by atoms with Gasteiger partial charge in [-0.1, -0.05) is 38.0 Å². The molecule has 0 aromatic heterocycles. The van der Waals surface area contributed by atoms with Gasteiger partial charge in [-0.25, -0.2) is 0 Å². The largest absolute Gasteiger partial charge is 0.466 e. The fraction of sp³-hybridized carbons (Fsp3) is 0.500. The highest BCUT2D eigenvalue weighted by Gasteiger charge is 2.10. The molecule has 5 heteroatoms. The molecule has 0 amide bonds. The number of benzene rings is 1. The van der Waals surface area contributed by atoms with E-state index in [0.29, 0.717) is 6.61 Å². The number of hydrogen-bond acceptors (Lipinski definition) is 4. The van der Waals surface area contributed by atoms with Gasteiger partial charge >= 0.3 is 11.9 Å². The molecule has 116 valence electrons. The van der Waals surface area contributed by atoms with Gasteiger partial charge < -0.3 is 9.47 Å². The minimum absolute atomic E-state index is 0.0655. The summed E-state index contributed by atoms with van der Waals surface area (Å²) in [4.78, 5) is 23.0. The third-order valence-electron chi connectivity index (χ3n) is 2.89. The van der Waals surface area contributed by atoms with E-state index >= 15 is 0 Å². The number of carbonyl (C=O) groups is 2. The second kappa shape index (κ2) is 10.6. The Labute approximate surface area is 139 Å². The summed E-state index contributed by atoms with van der Waals surface area (Å²) in [5, 5.41) is 0. The quantitative estimate of drug-likeness (QED) is 0.357. The van der Waals surface area contributed by atoms with Crippen LogP contribution >= 0.6 is 22.6 Å². The van der Waals surface area contributed by atoms with Crippen molar-refractivity contribution < 1.29 is 19.1 Å². The summed E-state index contributed by atoms with van der Waals surface area (Å²) >= 11 is 2.20. The van der Waals surface area contributed by atoms with Crippen molar-refractivity contribution in [2.75, 3.05) is 6.61 Å². The van der Waals surface area contributed by atoms with Crippen LogP contribution in [0.2, 0.25) is 0 Å². The highest BCUT2D eigenvalue weighted by molar-refractivity contribution is 14.1. The average Bonchev–Trinajstić information content (AvgIpc) is 2.48. The molecule has 0 heterocycles. The molecule has 0 saturated carbocycles. The molecule has 0 aliphatic rings. The SMILES string of the molecule is CCCCCOC(=O)CCC(=O)OCc1ccccc1I. The average molecular weight is 404 g/mol. The molecule has 0 saturated heterocycles. The smallest absolute Gasteiger partial charge is 0.306 e. The van der Waals surface area contributed by atoms with Crippen molar-refractivity contribution in [1.29, 1.82) is 0 Å². The summed E-state index contributed by atoms with van der Waals surface area (Å²) < 4.78 is 11.2. The molecule has 0 spiro atoms. The van der Waals surface area contributed by atoms with E-state index in [0.717, 1.165) is 28.4 Å². The van der Waals surface area contributed by atoms with Crippen LogP contribution in [0.15, 0.2) is 24.3 Å². The topological polar surface area (TPSA) is 52.6 Å². The monoisotopic (exact) mass is 404 g/mol. The maximum absolute atomic E-state index is 11.6. The lowest BCUT2D eigenvalue weighted by atomic mass is 10.2. The molecule has 0 aliphatic heterocycles. The Balaban J connectivity index is 2.16. The van der Waals surface area contributed by atoms with Gasteiger partial charge in [0.05, 0.1) is 19.4 Å². The Bertz CT molecular complexity index is 459. The molecular formula is C16H21IO4. The standard InChI is InChI=1S/C16H21IO4/c1-2-3-6-11-20-15(18)9-10-16(19)21-12-13-7-4-5-8-14(13)17/h4-5,7-8H,2-3,6,9-12H2,1H3. The fourth-order valence-corrected chi connectivity index (χ4v) is 2.20. The molecule has 1 aromatic rings. The number of carbonyl (C=O) groups excluding carboxylic acids is 2. The van der Waals surface area contributed by atoms with Crippen LogP contribution in [0.1, 0.15) is 44.6 Å². The van der Waals surface area contributed by atoms with Gasteiger partial charge in [0.15, 0.2) is 0 Å². The highest BCUT2D eigenvalue weighted by Crippen LogP contribution is 2.12. The molecular weight excluding hydrogens is 383 g/mol. The Hall–Kier alpha value is -1.11. The molecule has 1 rings (SSSR count). The van der Waals surface area contributed by atoms with Crippen LogP contribution < -0.4 is 0 Å². The Morgan fingerprint density at radius 1 is 1.05 bits per heavy atom. The molecule has 4 nitrogen and oxygen atoms in total. The first-order chi connectivity index (χ1) is 10.1. The van der Waals surface area contributed by atoms with Crippen molar-refractivity contribution in [3.05, 3.63) is 33.4 Å². The van der Waals surface area contributed by atoms with Gasteiger partial charge in [0, 0.05) is 9.13 Å². The molecule has 0 bridgehead atoms. The van der Waals surface area contributed by atoms with Crippen molar-refractivity contribution in [1.82, 2.24) is 0 Å². The number of hydrogen-bond donors (Lipinski definition) is 0. The lowest BCUT2D eigenvalue weighted by molar-refractivity contribution is -0.151. The number of esters is 2. The zero-order valence-corrected chi connectivity index (χ0v) is 14.4. The first-order valence-corrected chi connectivity index (χ1v) is 8.26. The first-order valence-electron chi connectivity index (χ1n) is 7.18. The summed E-state index contributed by atoms with van der Waals surface area (Å²) in [6.07, 6.45) is 3.15.